The van der Waals surface area contributed by atoms with Gasteiger partial charge >= 0.3 is 0 Å². The van der Waals surface area contributed by atoms with Crippen molar-refractivity contribution < 1.29 is 4.79 Å². The smallest absolute Gasteiger partial charge is 0.219 e. The fourth-order valence-corrected chi connectivity index (χ4v) is 4.48. The molecule has 9 nitrogen and oxygen atoms in total. The van der Waals surface area contributed by atoms with Gasteiger partial charge in [-0.05, 0) is 12.1 Å². The summed E-state index contributed by atoms with van der Waals surface area (Å²) >= 11 is 6.68. The van der Waals surface area contributed by atoms with Gasteiger partial charge in [-0.2, -0.15) is 15.5 Å². The number of amides is 1. The summed E-state index contributed by atoms with van der Waals surface area (Å²) < 4.78 is 3.45. The van der Waals surface area contributed by atoms with E-state index in [4.69, 9.17) is 11.6 Å². The molecule has 0 saturated carbocycles. The quantitative estimate of drug-likeness (QED) is 0.466. The van der Waals surface area contributed by atoms with E-state index in [1.807, 2.05) is 36.5 Å². The minimum atomic E-state index is 0.0793. The molecule has 4 aromatic heterocycles. The third-order valence-electron chi connectivity index (χ3n) is 5.93. The van der Waals surface area contributed by atoms with Crippen molar-refractivity contribution in [1.29, 1.82) is 5.26 Å². The van der Waals surface area contributed by atoms with E-state index in [1.54, 1.807) is 34.7 Å². The second-order valence-electron chi connectivity index (χ2n) is 8.03. The highest BCUT2D eigenvalue weighted by atomic mass is 35.5. The molecule has 0 radical (unpaired) electrons. The van der Waals surface area contributed by atoms with E-state index in [-0.39, 0.29) is 5.91 Å². The molecule has 1 saturated heterocycles. The van der Waals surface area contributed by atoms with Crippen LogP contribution in [0.1, 0.15) is 12.5 Å². The van der Waals surface area contributed by atoms with Crippen molar-refractivity contribution >= 4 is 28.8 Å². The largest absolute Gasteiger partial charge is 0.352 e. The first-order valence-electron chi connectivity index (χ1n) is 10.5. The van der Waals surface area contributed by atoms with Gasteiger partial charge in [-0.25, -0.2) is 9.50 Å². The van der Waals surface area contributed by atoms with E-state index in [2.05, 4.69) is 26.2 Å². The molecule has 0 unspecified atom stereocenters. The van der Waals surface area contributed by atoms with Gasteiger partial charge in [0.05, 0.1) is 28.5 Å². The molecule has 1 aliphatic heterocycles. The van der Waals surface area contributed by atoms with Crippen LogP contribution in [0.25, 0.3) is 27.8 Å². The molecule has 5 rings (SSSR count). The van der Waals surface area contributed by atoms with E-state index in [9.17, 15) is 10.1 Å². The Balaban J connectivity index is 1.56. The molecule has 0 bridgehead atoms. The zero-order valence-corrected chi connectivity index (χ0v) is 19.0. The predicted molar refractivity (Wildman–Crippen MR) is 125 cm³/mol. The highest BCUT2D eigenvalue weighted by molar-refractivity contribution is 6.33. The number of fused-ring (bicyclic) bond motifs is 1. The topological polar surface area (TPSA) is 95.3 Å². The van der Waals surface area contributed by atoms with Crippen molar-refractivity contribution in [3.63, 3.8) is 0 Å². The molecule has 1 aliphatic rings. The van der Waals surface area contributed by atoms with E-state index in [1.165, 1.54) is 0 Å². The summed E-state index contributed by atoms with van der Waals surface area (Å²) in [6.45, 7) is 4.22. The van der Waals surface area contributed by atoms with Crippen molar-refractivity contribution in [3.05, 3.63) is 53.7 Å². The molecule has 0 atom stereocenters. The molecule has 166 valence electrons. The van der Waals surface area contributed by atoms with E-state index in [0.717, 1.165) is 22.3 Å². The Hall–Kier alpha value is -3.90. The molecular formula is C23H21ClN8O. The first-order valence-corrected chi connectivity index (χ1v) is 10.9. The highest BCUT2D eigenvalue weighted by Gasteiger charge is 2.22. The second kappa shape index (κ2) is 8.22. The molecule has 33 heavy (non-hydrogen) atoms. The van der Waals surface area contributed by atoms with Crippen molar-refractivity contribution in [2.75, 3.05) is 31.1 Å². The molecular weight excluding hydrogens is 440 g/mol. The number of hydrogen-bond acceptors (Lipinski definition) is 6. The molecule has 1 amide bonds. The van der Waals surface area contributed by atoms with Gasteiger partial charge in [0, 0.05) is 81.0 Å². The van der Waals surface area contributed by atoms with Crippen LogP contribution >= 0.6 is 11.6 Å². The average Bonchev–Trinajstić information content (AvgIpc) is 3.44. The molecule has 4 aromatic rings. The van der Waals surface area contributed by atoms with Crippen molar-refractivity contribution in [2.24, 2.45) is 7.05 Å². The zero-order chi connectivity index (χ0) is 23.1. The normalized spacial score (nSPS) is 14.0. The average molecular weight is 461 g/mol. The maximum Gasteiger partial charge on any atom is 0.219 e. The van der Waals surface area contributed by atoms with Crippen LogP contribution in [0.3, 0.4) is 0 Å². The Morgan fingerprint density at radius 1 is 1.03 bits per heavy atom. The standard InChI is InChI=1S/C23H21ClN8O/c1-15(33)30-3-5-31(6-4-30)23-21(24)8-16(10-26-23)20-7-17(19-12-27-29(2)13-19)14-32-22(20)18(9-25)11-28-32/h7-8,10-14H,3-6H2,1-2H3. The molecule has 5 heterocycles. The van der Waals surface area contributed by atoms with Crippen LogP contribution in [0.2, 0.25) is 5.02 Å². The number of aryl methyl sites for hydroxylation is 1. The van der Waals surface area contributed by atoms with Crippen molar-refractivity contribution in [3.8, 4) is 28.3 Å². The van der Waals surface area contributed by atoms with Gasteiger partial charge in [0.25, 0.3) is 0 Å². The number of aromatic nitrogens is 5. The van der Waals surface area contributed by atoms with Gasteiger partial charge in [0.1, 0.15) is 11.9 Å². The van der Waals surface area contributed by atoms with Crippen LogP contribution < -0.4 is 4.90 Å². The Labute approximate surface area is 195 Å². The summed E-state index contributed by atoms with van der Waals surface area (Å²) in [6.07, 6.45) is 8.93. The van der Waals surface area contributed by atoms with E-state index < -0.39 is 0 Å². The van der Waals surface area contributed by atoms with Gasteiger partial charge in [0.15, 0.2) is 0 Å². The van der Waals surface area contributed by atoms with Crippen LogP contribution in [0.4, 0.5) is 5.82 Å². The Bertz CT molecular complexity index is 1410. The van der Waals surface area contributed by atoms with Gasteiger partial charge < -0.3 is 9.80 Å². The lowest BCUT2D eigenvalue weighted by Crippen LogP contribution is -2.48. The lowest BCUT2D eigenvalue weighted by molar-refractivity contribution is -0.129. The van der Waals surface area contributed by atoms with Crippen LogP contribution in [0, 0.1) is 11.3 Å². The van der Waals surface area contributed by atoms with Gasteiger partial charge in [-0.1, -0.05) is 11.6 Å². The Morgan fingerprint density at radius 3 is 2.45 bits per heavy atom. The van der Waals surface area contributed by atoms with Crippen LogP contribution in [0.5, 0.6) is 0 Å². The molecule has 0 aliphatic carbocycles. The van der Waals surface area contributed by atoms with Gasteiger partial charge in [-0.3, -0.25) is 9.48 Å². The van der Waals surface area contributed by atoms with E-state index >= 15 is 0 Å². The minimum Gasteiger partial charge on any atom is -0.352 e. The second-order valence-corrected chi connectivity index (χ2v) is 8.44. The maximum atomic E-state index is 11.6. The third kappa shape index (κ3) is 3.79. The number of rotatable bonds is 3. The molecule has 0 aromatic carbocycles. The van der Waals surface area contributed by atoms with Crippen molar-refractivity contribution in [1.82, 2.24) is 29.3 Å². The number of halogens is 1. The Morgan fingerprint density at radius 2 is 1.82 bits per heavy atom. The predicted octanol–water partition coefficient (Wildman–Crippen LogP) is 2.99. The fourth-order valence-electron chi connectivity index (χ4n) is 4.20. The highest BCUT2D eigenvalue weighted by Crippen LogP contribution is 2.35. The number of carbonyl (C=O) groups excluding carboxylic acids is 1. The molecule has 0 spiro atoms. The molecule has 10 heteroatoms. The lowest BCUT2D eigenvalue weighted by Gasteiger charge is -2.35. The first-order chi connectivity index (χ1) is 15.9. The van der Waals surface area contributed by atoms with Crippen LogP contribution in [0.15, 0.2) is 43.1 Å². The van der Waals surface area contributed by atoms with E-state index in [0.29, 0.717) is 48.1 Å². The molecule has 0 N–H and O–H groups in total. The zero-order valence-electron chi connectivity index (χ0n) is 18.2. The minimum absolute atomic E-state index is 0.0793. The summed E-state index contributed by atoms with van der Waals surface area (Å²) in [6, 6.07) is 6.10. The van der Waals surface area contributed by atoms with Crippen LogP contribution in [-0.4, -0.2) is 61.4 Å². The number of pyridine rings is 2. The van der Waals surface area contributed by atoms with Crippen molar-refractivity contribution in [2.45, 2.75) is 6.92 Å². The summed E-state index contributed by atoms with van der Waals surface area (Å²) in [5, 5.41) is 18.8. The number of hydrogen-bond donors (Lipinski definition) is 0. The fraction of sp³-hybridized carbons (Fsp3) is 0.261. The molecule has 1 fully saturated rings. The summed E-state index contributed by atoms with van der Waals surface area (Å²) in [7, 11) is 1.86. The summed E-state index contributed by atoms with van der Waals surface area (Å²) in [5.74, 6) is 0.771. The monoisotopic (exact) mass is 460 g/mol. The number of nitrogens with zero attached hydrogens (tertiary/aromatic N) is 8. The SMILES string of the molecule is CC(=O)N1CCN(c2ncc(-c3cc(-c4cnn(C)c4)cn4ncc(C#N)c34)cc2Cl)CC1. The van der Waals surface area contributed by atoms with Gasteiger partial charge in [0.2, 0.25) is 5.91 Å². The third-order valence-corrected chi connectivity index (χ3v) is 6.21. The number of carbonyl (C=O) groups is 1. The number of piperazine rings is 1. The summed E-state index contributed by atoms with van der Waals surface area (Å²) in [4.78, 5) is 20.2. The number of nitriles is 1. The first kappa shape index (κ1) is 21.0. The lowest BCUT2D eigenvalue weighted by atomic mass is 10.0. The van der Waals surface area contributed by atoms with Gasteiger partial charge in [-0.15, -0.1) is 0 Å². The van der Waals surface area contributed by atoms with Crippen LogP contribution in [-0.2, 0) is 11.8 Å². The summed E-state index contributed by atoms with van der Waals surface area (Å²) in [5.41, 5.74) is 4.63. The maximum absolute atomic E-state index is 11.6. The number of anilines is 1. The Kier molecular flexibility index (Phi) is 5.23.